The van der Waals surface area contributed by atoms with E-state index < -0.39 is 17.3 Å². The zero-order valence-corrected chi connectivity index (χ0v) is 18.3. The quantitative estimate of drug-likeness (QED) is 0.633. The van der Waals surface area contributed by atoms with Crippen LogP contribution in [0.3, 0.4) is 0 Å². The normalized spacial score (nSPS) is 17.9. The first-order valence-electron chi connectivity index (χ1n) is 10.3. The second-order valence-electron chi connectivity index (χ2n) is 8.98. The third-order valence-electron chi connectivity index (χ3n) is 5.23. The summed E-state index contributed by atoms with van der Waals surface area (Å²) in [4.78, 5) is 28.7. The zero-order valence-electron chi connectivity index (χ0n) is 18.3. The van der Waals surface area contributed by atoms with Crippen molar-refractivity contribution in [3.63, 3.8) is 0 Å². The van der Waals surface area contributed by atoms with Gasteiger partial charge in [-0.2, -0.15) is 18.3 Å². The molecule has 1 amide bonds. The lowest BCUT2D eigenvalue weighted by Gasteiger charge is -2.22. The van der Waals surface area contributed by atoms with Gasteiger partial charge < -0.3 is 4.98 Å². The molecule has 172 valence electrons. The molecule has 0 bridgehead atoms. The summed E-state index contributed by atoms with van der Waals surface area (Å²) in [6.07, 6.45) is -1.55. The molecule has 9 nitrogen and oxygen atoms in total. The molecule has 3 aromatic heterocycles. The van der Waals surface area contributed by atoms with Crippen LogP contribution in [0.2, 0.25) is 0 Å². The molecule has 1 saturated heterocycles. The third-order valence-corrected chi connectivity index (χ3v) is 5.23. The van der Waals surface area contributed by atoms with Gasteiger partial charge in [0.15, 0.2) is 11.3 Å². The second-order valence-corrected chi connectivity index (χ2v) is 8.98. The van der Waals surface area contributed by atoms with Gasteiger partial charge in [-0.15, -0.1) is 0 Å². The largest absolute Gasteiger partial charge is 0.435 e. The Morgan fingerprint density at radius 3 is 2.62 bits per heavy atom. The number of hydrazine groups is 1. The fourth-order valence-corrected chi connectivity index (χ4v) is 3.72. The number of carbonyl (C=O) groups is 1. The molecule has 0 spiro atoms. The Morgan fingerprint density at radius 1 is 1.25 bits per heavy atom. The number of amides is 1. The number of nitrogens with zero attached hydrogens (tertiary/aromatic N) is 6. The van der Waals surface area contributed by atoms with Crippen LogP contribution >= 0.6 is 0 Å². The smallest absolute Gasteiger partial charge is 0.338 e. The number of carbonyl (C=O) groups excluding carboxylic acids is 1. The van der Waals surface area contributed by atoms with Crippen LogP contribution in [0.15, 0.2) is 12.3 Å². The van der Waals surface area contributed by atoms with Gasteiger partial charge in [0.1, 0.15) is 17.2 Å². The predicted molar refractivity (Wildman–Crippen MR) is 109 cm³/mol. The molecule has 3 aromatic rings. The van der Waals surface area contributed by atoms with Crippen molar-refractivity contribution in [1.29, 1.82) is 0 Å². The average molecular weight is 450 g/mol. The molecule has 4 heterocycles. The summed E-state index contributed by atoms with van der Waals surface area (Å²) < 4.78 is 40.1. The Kier molecular flexibility index (Phi) is 5.43. The number of alkyl halides is 3. The van der Waals surface area contributed by atoms with Crippen LogP contribution in [0.5, 0.6) is 0 Å². The molecule has 0 aliphatic carbocycles. The van der Waals surface area contributed by atoms with Gasteiger partial charge >= 0.3 is 6.18 Å². The summed E-state index contributed by atoms with van der Waals surface area (Å²) >= 11 is 0. The Labute approximate surface area is 182 Å². The summed E-state index contributed by atoms with van der Waals surface area (Å²) in [7, 11) is 0. The van der Waals surface area contributed by atoms with Crippen LogP contribution in [0.1, 0.15) is 69.6 Å². The van der Waals surface area contributed by atoms with Crippen LogP contribution < -0.4 is 5.43 Å². The lowest BCUT2D eigenvalue weighted by molar-refractivity contribution is -0.141. The van der Waals surface area contributed by atoms with E-state index in [1.54, 1.807) is 0 Å². The van der Waals surface area contributed by atoms with Crippen LogP contribution in [-0.2, 0) is 22.9 Å². The molecule has 32 heavy (non-hydrogen) atoms. The lowest BCUT2D eigenvalue weighted by atomic mass is 9.95. The number of aromatic amines is 1. The number of halogens is 3. The van der Waals surface area contributed by atoms with Crippen molar-refractivity contribution in [3.05, 3.63) is 35.3 Å². The van der Waals surface area contributed by atoms with Gasteiger partial charge in [0.25, 0.3) is 0 Å². The molecular weight excluding hydrogens is 425 g/mol. The minimum Gasteiger partial charge on any atom is -0.338 e. The van der Waals surface area contributed by atoms with E-state index in [1.807, 2.05) is 25.8 Å². The number of rotatable bonds is 4. The van der Waals surface area contributed by atoms with Crippen LogP contribution in [0.4, 0.5) is 13.2 Å². The summed E-state index contributed by atoms with van der Waals surface area (Å²) in [5, 5.41) is 5.48. The number of aromatic nitrogens is 6. The van der Waals surface area contributed by atoms with Gasteiger partial charge in [-0.05, 0) is 18.9 Å². The zero-order chi connectivity index (χ0) is 23.3. The maximum atomic E-state index is 13.0. The monoisotopic (exact) mass is 450 g/mol. The fraction of sp³-hybridized carbons (Fsp3) is 0.550. The third kappa shape index (κ3) is 4.45. The number of hydrogen-bond donors (Lipinski definition) is 2. The van der Waals surface area contributed by atoms with E-state index in [4.69, 9.17) is 0 Å². The maximum Gasteiger partial charge on any atom is 0.435 e. The molecular formula is C20H25F3N8O. The van der Waals surface area contributed by atoms with E-state index in [-0.39, 0.29) is 18.5 Å². The van der Waals surface area contributed by atoms with Gasteiger partial charge in [0, 0.05) is 25.1 Å². The minimum absolute atomic E-state index is 0.0277. The van der Waals surface area contributed by atoms with Crippen LogP contribution in [0, 0.1) is 0 Å². The molecule has 12 heteroatoms. The van der Waals surface area contributed by atoms with E-state index in [0.717, 1.165) is 18.9 Å². The molecule has 1 fully saturated rings. The summed E-state index contributed by atoms with van der Waals surface area (Å²) in [5.41, 5.74) is 2.96. The van der Waals surface area contributed by atoms with Gasteiger partial charge in [-0.25, -0.2) is 20.0 Å². The topological polar surface area (TPSA) is 105 Å². The number of nitrogens with one attached hydrogen (secondary N) is 2. The van der Waals surface area contributed by atoms with Crippen molar-refractivity contribution in [2.24, 2.45) is 0 Å². The number of H-pyrrole nitrogens is 1. The molecule has 0 saturated carbocycles. The molecule has 4 rings (SSSR count). The highest BCUT2D eigenvalue weighted by Gasteiger charge is 2.34. The molecule has 1 atom stereocenters. The Hall–Kier alpha value is -3.02. The van der Waals surface area contributed by atoms with Crippen LogP contribution in [0.25, 0.3) is 11.2 Å². The maximum absolute atomic E-state index is 13.0. The Morgan fingerprint density at radius 2 is 2.00 bits per heavy atom. The second kappa shape index (κ2) is 7.84. The van der Waals surface area contributed by atoms with Gasteiger partial charge in [-0.3, -0.25) is 14.9 Å². The van der Waals surface area contributed by atoms with Gasteiger partial charge in [0.2, 0.25) is 5.91 Å². The molecule has 1 aliphatic heterocycles. The number of hydrogen-bond acceptors (Lipinski definition) is 6. The van der Waals surface area contributed by atoms with Crippen molar-refractivity contribution in [2.45, 2.75) is 64.7 Å². The first-order chi connectivity index (χ1) is 14.9. The van der Waals surface area contributed by atoms with E-state index in [2.05, 4.69) is 30.5 Å². The summed E-state index contributed by atoms with van der Waals surface area (Å²) in [5.74, 6) is 0.998. The van der Waals surface area contributed by atoms with Gasteiger partial charge in [-0.1, -0.05) is 20.8 Å². The predicted octanol–water partition coefficient (Wildman–Crippen LogP) is 3.10. The first-order valence-corrected chi connectivity index (χ1v) is 10.3. The standard InChI is InChI=1S/C20H25F3N8O/c1-11(32)28-31-8-5-6-13(31)16-25-15-12(10-30-9-7-14(29-30)20(21,22)23)24-18(19(2,3)4)27-17(15)26-16/h7,9,13H,5-6,8,10H2,1-4H3,(H,28,32)(H,24,25,26,27)/t13-/m0/s1. The minimum atomic E-state index is -4.51. The van der Waals surface area contributed by atoms with E-state index in [9.17, 15) is 18.0 Å². The highest BCUT2D eigenvalue weighted by molar-refractivity contribution is 5.74. The molecule has 0 radical (unpaired) electrons. The van der Waals surface area contributed by atoms with Gasteiger partial charge in [0.05, 0.1) is 18.3 Å². The lowest BCUT2D eigenvalue weighted by Crippen LogP contribution is -2.40. The van der Waals surface area contributed by atoms with E-state index in [0.29, 0.717) is 35.1 Å². The van der Waals surface area contributed by atoms with Crippen molar-refractivity contribution >= 4 is 17.1 Å². The fourth-order valence-electron chi connectivity index (χ4n) is 3.72. The van der Waals surface area contributed by atoms with Crippen molar-refractivity contribution in [2.75, 3.05) is 6.54 Å². The Balaban J connectivity index is 1.75. The molecule has 1 aliphatic rings. The first kappa shape index (κ1) is 22.2. The molecule has 0 unspecified atom stereocenters. The average Bonchev–Trinajstić information content (AvgIpc) is 3.38. The summed E-state index contributed by atoms with van der Waals surface area (Å²) in [6, 6.07) is 0.784. The number of imidazole rings is 1. The highest BCUT2D eigenvalue weighted by Crippen LogP contribution is 2.31. The van der Waals surface area contributed by atoms with E-state index in [1.165, 1.54) is 17.8 Å². The van der Waals surface area contributed by atoms with Crippen molar-refractivity contribution < 1.29 is 18.0 Å². The van der Waals surface area contributed by atoms with Crippen molar-refractivity contribution in [1.82, 2.24) is 40.2 Å². The SMILES string of the molecule is CC(=O)NN1CCC[C@H]1c1nc2nc(C(C)(C)C)nc(Cn3ccc(C(F)(F)F)n3)c2[nH]1. The van der Waals surface area contributed by atoms with E-state index >= 15 is 0 Å². The van der Waals surface area contributed by atoms with Crippen molar-refractivity contribution in [3.8, 4) is 0 Å². The van der Waals surface area contributed by atoms with Crippen LogP contribution in [-0.4, -0.2) is 47.2 Å². The number of fused-ring (bicyclic) bond motifs is 1. The highest BCUT2D eigenvalue weighted by atomic mass is 19.4. The molecule has 0 aromatic carbocycles. The Bertz CT molecular complexity index is 1140. The molecule has 2 N–H and O–H groups in total. The summed E-state index contributed by atoms with van der Waals surface area (Å²) in [6.45, 7) is 8.04.